The van der Waals surface area contributed by atoms with Gasteiger partial charge in [0.2, 0.25) is 0 Å². The van der Waals surface area contributed by atoms with E-state index in [0.29, 0.717) is 17.7 Å². The molecule has 0 fully saturated rings. The molecule has 20 heavy (non-hydrogen) atoms. The fourth-order valence-corrected chi connectivity index (χ4v) is 2.02. The Morgan fingerprint density at radius 2 is 2.00 bits per heavy atom. The Kier molecular flexibility index (Phi) is 3.14. The van der Waals surface area contributed by atoms with E-state index in [4.69, 9.17) is 5.84 Å². The van der Waals surface area contributed by atoms with Gasteiger partial charge in [-0.1, -0.05) is 24.3 Å². The van der Waals surface area contributed by atoms with E-state index in [9.17, 15) is 4.79 Å². The quantitative estimate of drug-likeness (QED) is 0.548. The molecule has 3 rings (SSSR count). The predicted molar refractivity (Wildman–Crippen MR) is 77.2 cm³/mol. The van der Waals surface area contributed by atoms with Crippen LogP contribution in [-0.2, 0) is 6.54 Å². The van der Waals surface area contributed by atoms with Gasteiger partial charge in [0.05, 0.1) is 18.1 Å². The van der Waals surface area contributed by atoms with Crippen LogP contribution in [0.15, 0.2) is 53.6 Å². The fourth-order valence-electron chi connectivity index (χ4n) is 2.02. The van der Waals surface area contributed by atoms with Crippen molar-refractivity contribution in [2.45, 2.75) is 6.54 Å². The molecule has 0 spiro atoms. The molecule has 0 aliphatic heterocycles. The van der Waals surface area contributed by atoms with Gasteiger partial charge < -0.3 is 5.43 Å². The van der Waals surface area contributed by atoms with Gasteiger partial charge in [-0.2, -0.15) is 5.10 Å². The minimum absolute atomic E-state index is 0.107. The Morgan fingerprint density at radius 1 is 1.15 bits per heavy atom. The van der Waals surface area contributed by atoms with Crippen LogP contribution in [-0.4, -0.2) is 14.8 Å². The first kappa shape index (κ1) is 12.3. The Labute approximate surface area is 114 Å². The third-order valence-electron chi connectivity index (χ3n) is 3.07. The molecule has 3 N–H and O–H groups in total. The summed E-state index contributed by atoms with van der Waals surface area (Å²) >= 11 is 0. The van der Waals surface area contributed by atoms with Crippen LogP contribution in [0.25, 0.3) is 10.8 Å². The van der Waals surface area contributed by atoms with Crippen LogP contribution in [0.4, 0.5) is 5.82 Å². The lowest BCUT2D eigenvalue weighted by Gasteiger charge is -2.06. The number of hydrazine groups is 1. The second-order valence-electron chi connectivity index (χ2n) is 4.39. The Morgan fingerprint density at radius 3 is 2.75 bits per heavy atom. The zero-order valence-corrected chi connectivity index (χ0v) is 10.7. The van der Waals surface area contributed by atoms with Crippen molar-refractivity contribution in [2.75, 3.05) is 5.43 Å². The molecule has 6 nitrogen and oxygen atoms in total. The molecule has 1 aromatic carbocycles. The molecule has 6 heteroatoms. The van der Waals surface area contributed by atoms with Crippen molar-refractivity contribution in [3.63, 3.8) is 0 Å². The van der Waals surface area contributed by atoms with Crippen molar-refractivity contribution < 1.29 is 0 Å². The zero-order valence-electron chi connectivity index (χ0n) is 10.7. The van der Waals surface area contributed by atoms with Crippen molar-refractivity contribution in [3.05, 3.63) is 64.7 Å². The number of anilines is 1. The van der Waals surface area contributed by atoms with Crippen LogP contribution in [0.3, 0.4) is 0 Å². The highest BCUT2D eigenvalue weighted by Gasteiger charge is 2.04. The van der Waals surface area contributed by atoms with E-state index >= 15 is 0 Å². The SMILES string of the molecule is NNc1ccc(Cn2ncc3ccccc3c2=O)cn1. The first-order valence-electron chi connectivity index (χ1n) is 6.14. The first-order valence-corrected chi connectivity index (χ1v) is 6.14. The van der Waals surface area contributed by atoms with E-state index < -0.39 is 0 Å². The number of nitrogens with one attached hydrogen (secondary N) is 1. The Balaban J connectivity index is 1.98. The lowest BCUT2D eigenvalue weighted by molar-refractivity contribution is 0.646. The van der Waals surface area contributed by atoms with E-state index in [-0.39, 0.29) is 5.56 Å². The Hall–Kier alpha value is -2.73. The summed E-state index contributed by atoms with van der Waals surface area (Å²) < 4.78 is 1.43. The Bertz CT molecular complexity index is 795. The molecule has 0 bridgehead atoms. The molecular formula is C14H13N5O. The van der Waals surface area contributed by atoms with Crippen LogP contribution < -0.4 is 16.8 Å². The van der Waals surface area contributed by atoms with Gasteiger partial charge in [-0.3, -0.25) is 4.79 Å². The van der Waals surface area contributed by atoms with Gasteiger partial charge >= 0.3 is 0 Å². The molecule has 0 aliphatic rings. The van der Waals surface area contributed by atoms with Gasteiger partial charge in [-0.05, 0) is 17.7 Å². The summed E-state index contributed by atoms with van der Waals surface area (Å²) in [5, 5.41) is 5.69. The topological polar surface area (TPSA) is 85.8 Å². The molecule has 0 unspecified atom stereocenters. The molecule has 3 aromatic rings. The lowest BCUT2D eigenvalue weighted by atomic mass is 10.2. The number of benzene rings is 1. The lowest BCUT2D eigenvalue weighted by Crippen LogP contribution is -2.23. The first-order chi connectivity index (χ1) is 9.78. The molecule has 0 atom stereocenters. The van der Waals surface area contributed by atoms with E-state index in [1.54, 1.807) is 24.5 Å². The third kappa shape index (κ3) is 2.24. The van der Waals surface area contributed by atoms with Crippen LogP contribution >= 0.6 is 0 Å². The zero-order chi connectivity index (χ0) is 13.9. The minimum atomic E-state index is -0.107. The highest BCUT2D eigenvalue weighted by atomic mass is 16.1. The van der Waals surface area contributed by atoms with Gasteiger partial charge in [0, 0.05) is 11.6 Å². The maximum atomic E-state index is 12.3. The maximum Gasteiger partial charge on any atom is 0.274 e. The molecule has 100 valence electrons. The summed E-state index contributed by atoms with van der Waals surface area (Å²) in [5.41, 5.74) is 3.23. The standard InChI is InChI=1S/C14H13N5O/c15-18-13-6-5-10(7-16-13)9-19-14(20)12-4-2-1-3-11(12)8-17-19/h1-8H,9,15H2,(H,16,18). The van der Waals surface area contributed by atoms with Crippen molar-refractivity contribution in [2.24, 2.45) is 5.84 Å². The largest absolute Gasteiger partial charge is 0.308 e. The van der Waals surface area contributed by atoms with Crippen molar-refractivity contribution in [1.82, 2.24) is 14.8 Å². The number of nitrogens with two attached hydrogens (primary N) is 1. The third-order valence-corrected chi connectivity index (χ3v) is 3.07. The number of nitrogens with zero attached hydrogens (tertiary/aromatic N) is 3. The number of nitrogen functional groups attached to an aromatic ring is 1. The van der Waals surface area contributed by atoms with Crippen molar-refractivity contribution in [3.8, 4) is 0 Å². The minimum Gasteiger partial charge on any atom is -0.308 e. The van der Waals surface area contributed by atoms with Crippen LogP contribution in [0, 0.1) is 0 Å². The predicted octanol–water partition coefficient (Wildman–Crippen LogP) is 1.13. The number of hydrogen-bond donors (Lipinski definition) is 2. The van der Waals surface area contributed by atoms with E-state index in [1.165, 1.54) is 4.68 Å². The molecule has 0 saturated heterocycles. The van der Waals surface area contributed by atoms with Crippen LogP contribution in [0.1, 0.15) is 5.56 Å². The smallest absolute Gasteiger partial charge is 0.274 e. The van der Waals surface area contributed by atoms with E-state index in [1.807, 2.05) is 24.3 Å². The molecule has 0 radical (unpaired) electrons. The summed E-state index contributed by atoms with van der Waals surface area (Å²) in [7, 11) is 0. The number of rotatable bonds is 3. The average molecular weight is 267 g/mol. The van der Waals surface area contributed by atoms with Crippen LogP contribution in [0.2, 0.25) is 0 Å². The number of fused-ring (bicyclic) bond motifs is 1. The number of hydrogen-bond acceptors (Lipinski definition) is 5. The molecule has 2 aromatic heterocycles. The molecule has 0 amide bonds. The molecule has 2 heterocycles. The summed E-state index contributed by atoms with van der Waals surface area (Å²) in [4.78, 5) is 16.4. The van der Waals surface area contributed by atoms with Gasteiger partial charge in [0.15, 0.2) is 0 Å². The highest BCUT2D eigenvalue weighted by Crippen LogP contribution is 2.08. The van der Waals surface area contributed by atoms with Crippen LogP contribution in [0.5, 0.6) is 0 Å². The second-order valence-corrected chi connectivity index (χ2v) is 4.39. The summed E-state index contributed by atoms with van der Waals surface area (Å²) in [5.74, 6) is 5.84. The molecule has 0 aliphatic carbocycles. The highest BCUT2D eigenvalue weighted by molar-refractivity contribution is 5.80. The molecular weight excluding hydrogens is 254 g/mol. The number of pyridine rings is 1. The van der Waals surface area contributed by atoms with E-state index in [2.05, 4.69) is 15.5 Å². The normalized spacial score (nSPS) is 10.7. The van der Waals surface area contributed by atoms with Crippen molar-refractivity contribution >= 4 is 16.6 Å². The fraction of sp³-hybridized carbons (Fsp3) is 0.0714. The summed E-state index contributed by atoms with van der Waals surface area (Å²) in [6.45, 7) is 0.377. The van der Waals surface area contributed by atoms with Gasteiger partial charge in [-0.15, -0.1) is 0 Å². The van der Waals surface area contributed by atoms with Gasteiger partial charge in [0.1, 0.15) is 5.82 Å². The second kappa shape index (κ2) is 5.10. The van der Waals surface area contributed by atoms with Gasteiger partial charge in [-0.25, -0.2) is 15.5 Å². The average Bonchev–Trinajstić information content (AvgIpc) is 2.51. The molecule has 0 saturated carbocycles. The van der Waals surface area contributed by atoms with E-state index in [0.717, 1.165) is 10.9 Å². The summed E-state index contributed by atoms with van der Waals surface area (Å²) in [6, 6.07) is 11.0. The monoisotopic (exact) mass is 267 g/mol. The van der Waals surface area contributed by atoms with Crippen molar-refractivity contribution in [1.29, 1.82) is 0 Å². The maximum absolute atomic E-state index is 12.3. The number of aromatic nitrogens is 3. The van der Waals surface area contributed by atoms with Gasteiger partial charge in [0.25, 0.3) is 5.56 Å². The summed E-state index contributed by atoms with van der Waals surface area (Å²) in [6.07, 6.45) is 3.36.